The fraction of sp³-hybridized carbons (Fsp3) is 0.333. The minimum absolute atomic E-state index is 0.0595. The molecule has 1 aromatic heterocycles. The van der Waals surface area contributed by atoms with E-state index in [1.54, 1.807) is 11.3 Å². The largest absolute Gasteiger partial charge is 0.484 e. The Kier molecular flexibility index (Phi) is 3.91. The first-order valence-corrected chi connectivity index (χ1v) is 8.16. The summed E-state index contributed by atoms with van der Waals surface area (Å²) in [6, 6.07) is 8.51. The Morgan fingerprint density at radius 3 is 2.84 bits per heavy atom. The fourth-order valence-corrected chi connectivity index (χ4v) is 3.99. The summed E-state index contributed by atoms with van der Waals surface area (Å²) in [7, 11) is 0. The summed E-state index contributed by atoms with van der Waals surface area (Å²) in [5.74, 6) is 0.931. The van der Waals surface area contributed by atoms with Crippen LogP contribution < -0.4 is 10.5 Å². The van der Waals surface area contributed by atoms with Crippen LogP contribution in [0.2, 0.25) is 0 Å². The standard InChI is InChI=1S/C15H16BrNOS/c16-12-7-15(19-9-12)14(8-17)18-13-5-4-10-2-1-3-11(10)6-13/h4-7,9,14H,1-3,8,17H2. The third-order valence-corrected chi connectivity index (χ3v) is 5.25. The van der Waals surface area contributed by atoms with Gasteiger partial charge in [-0.3, -0.25) is 0 Å². The molecule has 0 radical (unpaired) electrons. The molecule has 0 fully saturated rings. The second kappa shape index (κ2) is 5.65. The maximum Gasteiger partial charge on any atom is 0.145 e. The molecule has 1 atom stereocenters. The highest BCUT2D eigenvalue weighted by atomic mass is 79.9. The first-order chi connectivity index (χ1) is 9.26. The number of ether oxygens (including phenoxy) is 1. The van der Waals surface area contributed by atoms with Crippen LogP contribution in [0.1, 0.15) is 28.5 Å². The van der Waals surface area contributed by atoms with Gasteiger partial charge in [-0.1, -0.05) is 6.07 Å². The van der Waals surface area contributed by atoms with Crippen LogP contribution in [0.4, 0.5) is 0 Å². The van der Waals surface area contributed by atoms with Gasteiger partial charge in [0.25, 0.3) is 0 Å². The highest BCUT2D eigenvalue weighted by Gasteiger charge is 2.16. The average molecular weight is 338 g/mol. The lowest BCUT2D eigenvalue weighted by atomic mass is 10.1. The molecule has 0 saturated carbocycles. The van der Waals surface area contributed by atoms with E-state index in [9.17, 15) is 0 Å². The number of hydrogen-bond donors (Lipinski definition) is 1. The van der Waals surface area contributed by atoms with E-state index in [4.69, 9.17) is 10.5 Å². The van der Waals surface area contributed by atoms with Crippen molar-refractivity contribution in [2.75, 3.05) is 6.54 Å². The van der Waals surface area contributed by atoms with Crippen molar-refractivity contribution in [2.45, 2.75) is 25.4 Å². The van der Waals surface area contributed by atoms with Crippen LogP contribution in [0.3, 0.4) is 0 Å². The molecule has 3 rings (SSSR count). The summed E-state index contributed by atoms with van der Waals surface area (Å²) in [5, 5.41) is 2.06. The maximum atomic E-state index is 6.05. The third-order valence-electron chi connectivity index (χ3n) is 3.47. The molecule has 0 saturated heterocycles. The Morgan fingerprint density at radius 2 is 2.11 bits per heavy atom. The first kappa shape index (κ1) is 13.2. The zero-order valence-corrected chi connectivity index (χ0v) is 13.0. The molecule has 2 N–H and O–H groups in total. The number of aryl methyl sites for hydroxylation is 2. The Morgan fingerprint density at radius 1 is 1.26 bits per heavy atom. The number of thiophene rings is 1. The van der Waals surface area contributed by atoms with Gasteiger partial charge in [0, 0.05) is 21.3 Å². The van der Waals surface area contributed by atoms with Gasteiger partial charge < -0.3 is 10.5 Å². The van der Waals surface area contributed by atoms with Gasteiger partial charge in [-0.05, 0) is 64.5 Å². The number of fused-ring (bicyclic) bond motifs is 1. The fourth-order valence-electron chi connectivity index (χ4n) is 2.51. The first-order valence-electron chi connectivity index (χ1n) is 6.48. The van der Waals surface area contributed by atoms with E-state index in [2.05, 4.69) is 45.6 Å². The average Bonchev–Trinajstić information content (AvgIpc) is 3.04. The van der Waals surface area contributed by atoms with Crippen molar-refractivity contribution >= 4 is 27.3 Å². The molecule has 0 aliphatic heterocycles. The zero-order valence-electron chi connectivity index (χ0n) is 10.6. The van der Waals surface area contributed by atoms with E-state index in [1.165, 1.54) is 30.4 Å². The Hall–Kier alpha value is -0.840. The SMILES string of the molecule is NCC(Oc1ccc2c(c1)CCC2)c1cc(Br)cs1. The van der Waals surface area contributed by atoms with Gasteiger partial charge in [0.2, 0.25) is 0 Å². The molecular weight excluding hydrogens is 322 g/mol. The van der Waals surface area contributed by atoms with Gasteiger partial charge in [-0.25, -0.2) is 0 Å². The third kappa shape index (κ3) is 2.86. The van der Waals surface area contributed by atoms with Crippen molar-refractivity contribution in [1.82, 2.24) is 0 Å². The molecule has 1 aromatic carbocycles. The summed E-state index contributed by atoms with van der Waals surface area (Å²) in [5.41, 5.74) is 8.74. The van der Waals surface area contributed by atoms with Crippen molar-refractivity contribution in [3.05, 3.63) is 50.1 Å². The molecule has 1 heterocycles. The van der Waals surface area contributed by atoms with E-state index in [0.29, 0.717) is 6.54 Å². The highest BCUT2D eigenvalue weighted by molar-refractivity contribution is 9.10. The van der Waals surface area contributed by atoms with Gasteiger partial charge in [0.15, 0.2) is 0 Å². The van der Waals surface area contributed by atoms with Gasteiger partial charge in [-0.2, -0.15) is 0 Å². The Labute approximate surface area is 125 Å². The van der Waals surface area contributed by atoms with Gasteiger partial charge in [-0.15, -0.1) is 11.3 Å². The predicted molar refractivity (Wildman–Crippen MR) is 82.9 cm³/mol. The molecule has 0 bridgehead atoms. The maximum absolute atomic E-state index is 6.05. The van der Waals surface area contributed by atoms with Crippen molar-refractivity contribution in [1.29, 1.82) is 0 Å². The molecule has 0 amide bonds. The van der Waals surface area contributed by atoms with Crippen LogP contribution in [0.5, 0.6) is 5.75 Å². The predicted octanol–water partition coefficient (Wildman–Crippen LogP) is 4.08. The normalized spacial score (nSPS) is 15.3. The van der Waals surface area contributed by atoms with Crippen molar-refractivity contribution in [3.8, 4) is 5.75 Å². The number of nitrogens with two attached hydrogens (primary N) is 1. The number of benzene rings is 1. The molecule has 4 heteroatoms. The minimum atomic E-state index is -0.0595. The second-order valence-electron chi connectivity index (χ2n) is 4.79. The Balaban J connectivity index is 1.79. The molecule has 1 unspecified atom stereocenters. The summed E-state index contributed by atoms with van der Waals surface area (Å²) in [4.78, 5) is 1.16. The molecule has 100 valence electrons. The molecule has 2 nitrogen and oxygen atoms in total. The van der Waals surface area contributed by atoms with Crippen LogP contribution in [0.25, 0.3) is 0 Å². The minimum Gasteiger partial charge on any atom is -0.484 e. The molecule has 0 spiro atoms. The van der Waals surface area contributed by atoms with Gasteiger partial charge >= 0.3 is 0 Å². The van der Waals surface area contributed by atoms with Crippen LogP contribution in [-0.2, 0) is 12.8 Å². The topological polar surface area (TPSA) is 35.2 Å². The highest BCUT2D eigenvalue weighted by Crippen LogP contribution is 2.31. The second-order valence-corrected chi connectivity index (χ2v) is 6.65. The number of rotatable bonds is 4. The van der Waals surface area contributed by atoms with E-state index in [-0.39, 0.29) is 6.10 Å². The lowest BCUT2D eigenvalue weighted by Crippen LogP contribution is -2.17. The van der Waals surface area contributed by atoms with Crippen LogP contribution in [0, 0.1) is 0 Å². The summed E-state index contributed by atoms with van der Waals surface area (Å²) < 4.78 is 7.14. The molecule has 2 aromatic rings. The lowest BCUT2D eigenvalue weighted by molar-refractivity contribution is 0.218. The molecule has 1 aliphatic carbocycles. The van der Waals surface area contributed by atoms with E-state index >= 15 is 0 Å². The monoisotopic (exact) mass is 337 g/mol. The molecule has 1 aliphatic rings. The van der Waals surface area contributed by atoms with Crippen LogP contribution in [-0.4, -0.2) is 6.54 Å². The summed E-state index contributed by atoms with van der Waals surface area (Å²) >= 11 is 5.14. The van der Waals surface area contributed by atoms with Crippen molar-refractivity contribution in [2.24, 2.45) is 5.73 Å². The van der Waals surface area contributed by atoms with E-state index < -0.39 is 0 Å². The van der Waals surface area contributed by atoms with Crippen LogP contribution >= 0.6 is 27.3 Å². The molecular formula is C15H16BrNOS. The van der Waals surface area contributed by atoms with E-state index in [0.717, 1.165) is 15.1 Å². The lowest BCUT2D eigenvalue weighted by Gasteiger charge is -2.16. The number of halogens is 1. The summed E-state index contributed by atoms with van der Waals surface area (Å²) in [6.45, 7) is 0.490. The smallest absolute Gasteiger partial charge is 0.145 e. The van der Waals surface area contributed by atoms with E-state index in [1.807, 2.05) is 0 Å². The number of hydrogen-bond acceptors (Lipinski definition) is 3. The van der Waals surface area contributed by atoms with Gasteiger partial charge in [0.1, 0.15) is 11.9 Å². The van der Waals surface area contributed by atoms with Crippen LogP contribution in [0.15, 0.2) is 34.1 Å². The zero-order chi connectivity index (χ0) is 13.2. The Bertz CT molecular complexity index is 581. The quantitative estimate of drug-likeness (QED) is 0.912. The molecule has 19 heavy (non-hydrogen) atoms. The van der Waals surface area contributed by atoms with Gasteiger partial charge in [0.05, 0.1) is 0 Å². The summed E-state index contributed by atoms with van der Waals surface area (Å²) in [6.07, 6.45) is 3.57. The van der Waals surface area contributed by atoms with Crippen molar-refractivity contribution < 1.29 is 4.74 Å². The van der Waals surface area contributed by atoms with Crippen molar-refractivity contribution in [3.63, 3.8) is 0 Å².